The Labute approximate surface area is 139 Å². The normalized spacial score (nSPS) is 9.50. The number of nitrogens with one attached hydrogen (secondary N) is 1. The number of anilines is 1. The van der Waals surface area contributed by atoms with Gasteiger partial charge in [-0.25, -0.2) is 9.59 Å². The Kier molecular flexibility index (Phi) is 5.81. The van der Waals surface area contributed by atoms with Crippen LogP contribution in [0.3, 0.4) is 0 Å². The first-order chi connectivity index (χ1) is 11.6. The number of amides is 1. The number of carboxylic acids is 1. The predicted molar refractivity (Wildman–Crippen MR) is 89.3 cm³/mol. The van der Waals surface area contributed by atoms with Crippen molar-refractivity contribution >= 4 is 17.7 Å². The van der Waals surface area contributed by atoms with Crippen LogP contribution in [0, 0.1) is 11.8 Å². The van der Waals surface area contributed by atoms with Gasteiger partial charge >= 0.3 is 12.1 Å². The molecule has 0 aliphatic carbocycles. The number of nitrogen functional groups attached to an aromatic ring is 1. The van der Waals surface area contributed by atoms with Crippen LogP contribution in [-0.2, 0) is 11.3 Å². The maximum atomic E-state index is 11.5. The summed E-state index contributed by atoms with van der Waals surface area (Å²) in [6.07, 6.45) is -0.594. The Morgan fingerprint density at radius 3 is 2.62 bits per heavy atom. The zero-order chi connectivity index (χ0) is 17.4. The second-order valence-corrected chi connectivity index (χ2v) is 4.83. The zero-order valence-corrected chi connectivity index (χ0v) is 12.8. The van der Waals surface area contributed by atoms with E-state index in [0.29, 0.717) is 11.3 Å². The van der Waals surface area contributed by atoms with E-state index in [1.165, 1.54) is 12.1 Å². The minimum atomic E-state index is -1.11. The number of aromatic carboxylic acids is 1. The van der Waals surface area contributed by atoms with Gasteiger partial charge in [0.2, 0.25) is 0 Å². The average Bonchev–Trinajstić information content (AvgIpc) is 2.58. The lowest BCUT2D eigenvalue weighted by atomic mass is 10.1. The van der Waals surface area contributed by atoms with Crippen LogP contribution >= 0.6 is 0 Å². The molecule has 0 radical (unpaired) electrons. The first kappa shape index (κ1) is 16.9. The van der Waals surface area contributed by atoms with E-state index < -0.39 is 12.1 Å². The number of carbonyl (C=O) groups is 2. The third-order valence-corrected chi connectivity index (χ3v) is 3.03. The van der Waals surface area contributed by atoms with Crippen LogP contribution in [0.1, 0.15) is 21.5 Å². The fourth-order valence-corrected chi connectivity index (χ4v) is 1.88. The van der Waals surface area contributed by atoms with Gasteiger partial charge in [-0.15, -0.1) is 0 Å². The van der Waals surface area contributed by atoms with Crippen molar-refractivity contribution in [3.8, 4) is 11.8 Å². The lowest BCUT2D eigenvalue weighted by Crippen LogP contribution is -2.24. The molecule has 2 rings (SSSR count). The molecule has 2 aromatic rings. The SMILES string of the molecule is Nc1ccc(C#CCNC(=O)OCc2ccccc2)c(C(=O)O)c1. The van der Waals surface area contributed by atoms with E-state index in [1.54, 1.807) is 6.07 Å². The van der Waals surface area contributed by atoms with Crippen LogP contribution in [-0.4, -0.2) is 23.7 Å². The lowest BCUT2D eigenvalue weighted by Gasteiger charge is -2.04. The molecule has 0 aromatic heterocycles. The highest BCUT2D eigenvalue weighted by Gasteiger charge is 2.08. The summed E-state index contributed by atoms with van der Waals surface area (Å²) in [5, 5.41) is 11.6. The highest BCUT2D eigenvalue weighted by atomic mass is 16.5. The number of carbonyl (C=O) groups excluding carboxylic acids is 1. The fourth-order valence-electron chi connectivity index (χ4n) is 1.88. The molecule has 0 aliphatic heterocycles. The molecule has 1 amide bonds. The summed E-state index contributed by atoms with van der Waals surface area (Å²) < 4.78 is 5.03. The molecule has 6 nitrogen and oxygen atoms in total. The van der Waals surface area contributed by atoms with E-state index in [2.05, 4.69) is 17.2 Å². The number of hydrogen-bond donors (Lipinski definition) is 3. The van der Waals surface area contributed by atoms with Crippen molar-refractivity contribution in [2.45, 2.75) is 6.61 Å². The molecule has 0 heterocycles. The first-order valence-corrected chi connectivity index (χ1v) is 7.12. The number of hydrogen-bond acceptors (Lipinski definition) is 4. The van der Waals surface area contributed by atoms with Gasteiger partial charge in [0, 0.05) is 11.3 Å². The summed E-state index contributed by atoms with van der Waals surface area (Å²) in [4.78, 5) is 22.7. The molecule has 0 atom stereocenters. The Morgan fingerprint density at radius 2 is 1.92 bits per heavy atom. The first-order valence-electron chi connectivity index (χ1n) is 7.12. The van der Waals surface area contributed by atoms with Gasteiger partial charge in [-0.1, -0.05) is 42.2 Å². The molecule has 0 saturated heterocycles. The van der Waals surface area contributed by atoms with E-state index >= 15 is 0 Å². The van der Waals surface area contributed by atoms with Crippen molar-refractivity contribution in [3.63, 3.8) is 0 Å². The molecular weight excluding hydrogens is 308 g/mol. The third-order valence-electron chi connectivity index (χ3n) is 3.03. The summed E-state index contributed by atoms with van der Waals surface area (Å²) >= 11 is 0. The maximum absolute atomic E-state index is 11.5. The Balaban J connectivity index is 1.85. The molecule has 122 valence electrons. The average molecular weight is 324 g/mol. The van der Waals surface area contributed by atoms with Gasteiger partial charge < -0.3 is 20.9 Å². The molecule has 0 aliphatic rings. The largest absolute Gasteiger partial charge is 0.478 e. The second kappa shape index (κ2) is 8.25. The lowest BCUT2D eigenvalue weighted by molar-refractivity contribution is 0.0696. The van der Waals surface area contributed by atoms with E-state index in [1.807, 2.05) is 30.3 Å². The molecule has 6 heteroatoms. The van der Waals surface area contributed by atoms with Crippen molar-refractivity contribution < 1.29 is 19.4 Å². The molecule has 24 heavy (non-hydrogen) atoms. The molecule has 0 unspecified atom stereocenters. The Bertz CT molecular complexity index is 792. The minimum absolute atomic E-state index is 0.0224. The van der Waals surface area contributed by atoms with Crippen molar-refractivity contribution in [3.05, 3.63) is 65.2 Å². The molecule has 0 spiro atoms. The summed E-state index contributed by atoms with van der Waals surface area (Å²) in [5.74, 6) is 4.26. The molecule has 0 bridgehead atoms. The van der Waals surface area contributed by atoms with Crippen LogP contribution in [0.25, 0.3) is 0 Å². The molecular formula is C18H16N2O4. The van der Waals surface area contributed by atoms with Crippen LogP contribution < -0.4 is 11.1 Å². The van der Waals surface area contributed by atoms with E-state index in [0.717, 1.165) is 5.56 Å². The van der Waals surface area contributed by atoms with E-state index in [4.69, 9.17) is 15.6 Å². The summed E-state index contributed by atoms with van der Waals surface area (Å²) in [6, 6.07) is 13.7. The highest BCUT2D eigenvalue weighted by Crippen LogP contribution is 2.12. The predicted octanol–water partition coefficient (Wildman–Crippen LogP) is 2.24. The van der Waals surface area contributed by atoms with Crippen LogP contribution in [0.2, 0.25) is 0 Å². The number of benzene rings is 2. The summed E-state index contributed by atoms with van der Waals surface area (Å²) in [6.45, 7) is 0.207. The van der Waals surface area contributed by atoms with Crippen molar-refractivity contribution in [1.82, 2.24) is 5.32 Å². The molecule has 0 fully saturated rings. The number of rotatable bonds is 4. The number of ether oxygens (including phenoxy) is 1. The molecule has 2 aromatic carbocycles. The van der Waals surface area contributed by atoms with Crippen molar-refractivity contribution in [2.24, 2.45) is 0 Å². The number of carboxylic acid groups (broad SMARTS) is 1. The van der Waals surface area contributed by atoms with Gasteiger partial charge in [-0.05, 0) is 23.8 Å². The second-order valence-electron chi connectivity index (χ2n) is 4.83. The maximum Gasteiger partial charge on any atom is 0.408 e. The number of alkyl carbamates (subject to hydrolysis) is 1. The van der Waals surface area contributed by atoms with Crippen LogP contribution in [0.4, 0.5) is 10.5 Å². The molecule has 0 saturated carbocycles. The number of nitrogens with two attached hydrogens (primary N) is 1. The van der Waals surface area contributed by atoms with Gasteiger partial charge in [0.05, 0.1) is 12.1 Å². The van der Waals surface area contributed by atoms with E-state index in [-0.39, 0.29) is 18.7 Å². The van der Waals surface area contributed by atoms with Gasteiger partial charge in [0.25, 0.3) is 0 Å². The van der Waals surface area contributed by atoms with Crippen LogP contribution in [0.5, 0.6) is 0 Å². The quantitative estimate of drug-likeness (QED) is 0.591. The monoisotopic (exact) mass is 324 g/mol. The van der Waals surface area contributed by atoms with Crippen molar-refractivity contribution in [2.75, 3.05) is 12.3 Å². The van der Waals surface area contributed by atoms with Gasteiger partial charge in [0.15, 0.2) is 0 Å². The van der Waals surface area contributed by atoms with Crippen molar-refractivity contribution in [1.29, 1.82) is 0 Å². The zero-order valence-electron chi connectivity index (χ0n) is 12.8. The van der Waals surface area contributed by atoms with Gasteiger partial charge in [-0.3, -0.25) is 0 Å². The Morgan fingerprint density at radius 1 is 1.17 bits per heavy atom. The smallest absolute Gasteiger partial charge is 0.408 e. The topological polar surface area (TPSA) is 102 Å². The van der Waals surface area contributed by atoms with Gasteiger partial charge in [-0.2, -0.15) is 0 Å². The Hall–Kier alpha value is -3.46. The third kappa shape index (κ3) is 5.07. The van der Waals surface area contributed by atoms with Gasteiger partial charge in [0.1, 0.15) is 6.61 Å². The minimum Gasteiger partial charge on any atom is -0.478 e. The van der Waals surface area contributed by atoms with E-state index in [9.17, 15) is 9.59 Å². The summed E-state index contributed by atoms with van der Waals surface area (Å²) in [7, 11) is 0. The summed E-state index contributed by atoms with van der Waals surface area (Å²) in [5.41, 5.74) is 7.14. The molecule has 4 N–H and O–H groups in total. The van der Waals surface area contributed by atoms with Crippen LogP contribution in [0.15, 0.2) is 48.5 Å². The standard InChI is InChI=1S/C18H16N2O4/c19-15-9-8-14(16(11-15)17(21)22)7-4-10-20-18(23)24-12-13-5-2-1-3-6-13/h1-3,5-6,8-9,11H,10,12,19H2,(H,20,23)(H,21,22). The highest BCUT2D eigenvalue weighted by molar-refractivity contribution is 5.91. The fraction of sp³-hybridized carbons (Fsp3) is 0.111.